The summed E-state index contributed by atoms with van der Waals surface area (Å²) in [5, 5.41) is 8.58. The normalized spacial score (nSPS) is 12.3. The molecule has 0 N–H and O–H groups in total. The molecule has 4 heterocycles. The van der Waals surface area contributed by atoms with Crippen LogP contribution in [-0.4, -0.2) is 19.6 Å². The van der Waals surface area contributed by atoms with Crippen LogP contribution in [0.3, 0.4) is 0 Å². The number of benzene rings is 4. The highest BCUT2D eigenvalue weighted by atomic mass is 15.2. The lowest BCUT2D eigenvalue weighted by molar-refractivity contribution is 0.961. The molecule has 8 aromatic rings. The first kappa shape index (κ1) is 27.7. The van der Waals surface area contributed by atoms with Crippen molar-refractivity contribution in [1.82, 2.24) is 19.6 Å². The van der Waals surface area contributed by atoms with Crippen LogP contribution >= 0.6 is 0 Å². The highest BCUT2D eigenvalue weighted by Gasteiger charge is 2.12. The molecule has 0 amide bonds. The second kappa shape index (κ2) is 11.6. The SMILES string of the molecule is CC/C=C(/C=C\c1ccc2cccnc2c1C)c1cccc2c3ccc(-c4ccc(-c5ccc6ccccc6n5)cc4)cc3nn12. The molecule has 8 rings (SSSR count). The summed E-state index contributed by atoms with van der Waals surface area (Å²) in [6.07, 6.45) is 9.45. The standard InChI is InChI=1S/C42H32N4/c1-3-8-33(20-14-29-15-21-34-10-7-26-43-42(34)28(29)2)40-12-6-13-41-36-24-22-35(27-39(36)45-46(40)41)30-16-18-32(19-17-30)38-25-23-31-9-4-5-11-37(31)44-38/h4-27H,3H2,1-2H3/b20-14-,33-8-. The number of aromatic nitrogens is 4. The molecule has 0 saturated heterocycles. The third-order valence-electron chi connectivity index (χ3n) is 8.79. The lowest BCUT2D eigenvalue weighted by Crippen LogP contribution is -1.96. The van der Waals surface area contributed by atoms with E-state index in [1.165, 1.54) is 5.56 Å². The summed E-state index contributed by atoms with van der Waals surface area (Å²) in [7, 11) is 0. The smallest absolute Gasteiger partial charge is 0.0940 e. The Morgan fingerprint density at radius 1 is 0.717 bits per heavy atom. The van der Waals surface area contributed by atoms with Crippen molar-refractivity contribution in [3.8, 4) is 22.4 Å². The van der Waals surface area contributed by atoms with Crippen LogP contribution in [0.1, 0.15) is 30.2 Å². The zero-order valence-electron chi connectivity index (χ0n) is 25.9. The van der Waals surface area contributed by atoms with Crippen molar-refractivity contribution < 1.29 is 0 Å². The molecule has 4 aromatic heterocycles. The maximum Gasteiger partial charge on any atom is 0.0940 e. The molecule has 0 aliphatic carbocycles. The highest BCUT2D eigenvalue weighted by molar-refractivity contribution is 5.97. The number of nitrogens with zero attached hydrogens (tertiary/aromatic N) is 4. The zero-order valence-corrected chi connectivity index (χ0v) is 25.9. The van der Waals surface area contributed by atoms with E-state index in [-0.39, 0.29) is 0 Å². The topological polar surface area (TPSA) is 43.1 Å². The molecule has 4 nitrogen and oxygen atoms in total. The summed E-state index contributed by atoms with van der Waals surface area (Å²) in [6.45, 7) is 4.32. The fourth-order valence-corrected chi connectivity index (χ4v) is 6.35. The molecule has 0 aliphatic heterocycles. The number of hydrogen-bond acceptors (Lipinski definition) is 3. The molecule has 0 saturated carbocycles. The van der Waals surface area contributed by atoms with Crippen LogP contribution in [0.15, 0.2) is 140 Å². The Bertz CT molecular complexity index is 2460. The second-order valence-corrected chi connectivity index (χ2v) is 11.7. The summed E-state index contributed by atoms with van der Waals surface area (Å²) in [5.74, 6) is 0. The first-order chi connectivity index (χ1) is 22.7. The van der Waals surface area contributed by atoms with Gasteiger partial charge in [0, 0.05) is 27.9 Å². The molecule has 0 aliphatic rings. The van der Waals surface area contributed by atoms with Crippen LogP contribution in [0, 0.1) is 6.92 Å². The molecule has 0 bridgehead atoms. The minimum absolute atomic E-state index is 0.921. The maximum absolute atomic E-state index is 5.13. The number of rotatable bonds is 6. The van der Waals surface area contributed by atoms with Gasteiger partial charge in [-0.3, -0.25) is 4.98 Å². The summed E-state index contributed by atoms with van der Waals surface area (Å²) in [5.41, 5.74) is 13.0. The molecular weight excluding hydrogens is 560 g/mol. The molecule has 46 heavy (non-hydrogen) atoms. The van der Waals surface area contributed by atoms with Gasteiger partial charge in [-0.2, -0.15) is 5.10 Å². The van der Waals surface area contributed by atoms with Crippen LogP contribution < -0.4 is 0 Å². The molecule has 0 radical (unpaired) electrons. The van der Waals surface area contributed by atoms with Crippen LogP contribution in [0.25, 0.3) is 72.3 Å². The average Bonchev–Trinajstić information content (AvgIpc) is 3.49. The Labute approximate surface area is 268 Å². The lowest BCUT2D eigenvalue weighted by Gasteiger charge is -2.08. The molecule has 0 atom stereocenters. The first-order valence-corrected chi connectivity index (χ1v) is 15.8. The Morgan fingerprint density at radius 3 is 2.41 bits per heavy atom. The summed E-state index contributed by atoms with van der Waals surface area (Å²) in [6, 6.07) is 42.5. The van der Waals surface area contributed by atoms with Gasteiger partial charge in [0.05, 0.1) is 33.5 Å². The van der Waals surface area contributed by atoms with E-state index >= 15 is 0 Å². The molecule has 4 aromatic carbocycles. The largest absolute Gasteiger partial charge is 0.256 e. The van der Waals surface area contributed by atoms with Crippen molar-refractivity contribution >= 4 is 49.9 Å². The van der Waals surface area contributed by atoms with Gasteiger partial charge in [-0.1, -0.05) is 104 Å². The Hall–Kier alpha value is -5.87. The van der Waals surface area contributed by atoms with Crippen LogP contribution in [-0.2, 0) is 0 Å². The van der Waals surface area contributed by atoms with Gasteiger partial charge < -0.3 is 0 Å². The van der Waals surface area contributed by atoms with E-state index in [4.69, 9.17) is 10.1 Å². The van der Waals surface area contributed by atoms with Crippen molar-refractivity contribution in [3.63, 3.8) is 0 Å². The van der Waals surface area contributed by atoms with Crippen LogP contribution in [0.5, 0.6) is 0 Å². The van der Waals surface area contributed by atoms with E-state index in [9.17, 15) is 0 Å². The van der Waals surface area contributed by atoms with E-state index in [0.717, 1.165) is 83.9 Å². The lowest BCUT2D eigenvalue weighted by atomic mass is 10.0. The molecular formula is C42H32N4. The van der Waals surface area contributed by atoms with Gasteiger partial charge in [-0.05, 0) is 83.6 Å². The predicted octanol–water partition coefficient (Wildman–Crippen LogP) is 10.7. The Balaban J connectivity index is 1.13. The fraction of sp³-hybridized carbons (Fsp3) is 0.0714. The van der Waals surface area contributed by atoms with Gasteiger partial charge in [0.1, 0.15) is 0 Å². The molecule has 0 spiro atoms. The third-order valence-corrected chi connectivity index (χ3v) is 8.79. The Kier molecular flexibility index (Phi) is 6.96. The third kappa shape index (κ3) is 4.94. The minimum atomic E-state index is 0.921. The zero-order chi connectivity index (χ0) is 31.0. The predicted molar refractivity (Wildman–Crippen MR) is 193 cm³/mol. The van der Waals surface area contributed by atoms with Crippen molar-refractivity contribution in [2.45, 2.75) is 20.3 Å². The fourth-order valence-electron chi connectivity index (χ4n) is 6.35. The Morgan fingerprint density at radius 2 is 1.52 bits per heavy atom. The monoisotopic (exact) mass is 592 g/mol. The van der Waals surface area contributed by atoms with E-state index < -0.39 is 0 Å². The van der Waals surface area contributed by atoms with E-state index in [0.29, 0.717) is 0 Å². The van der Waals surface area contributed by atoms with E-state index in [1.54, 1.807) is 0 Å². The van der Waals surface area contributed by atoms with Gasteiger partial charge in [-0.25, -0.2) is 9.50 Å². The number of aryl methyl sites for hydroxylation is 1. The van der Waals surface area contributed by atoms with Gasteiger partial charge in [0.15, 0.2) is 0 Å². The van der Waals surface area contributed by atoms with Gasteiger partial charge in [-0.15, -0.1) is 0 Å². The highest BCUT2D eigenvalue weighted by Crippen LogP contribution is 2.31. The van der Waals surface area contributed by atoms with Crippen LogP contribution in [0.2, 0.25) is 0 Å². The van der Waals surface area contributed by atoms with Crippen molar-refractivity contribution in [3.05, 3.63) is 156 Å². The number of hydrogen-bond donors (Lipinski definition) is 0. The number of fused-ring (bicyclic) bond motifs is 5. The minimum Gasteiger partial charge on any atom is -0.256 e. The van der Waals surface area contributed by atoms with E-state index in [1.807, 2.05) is 24.4 Å². The van der Waals surface area contributed by atoms with Crippen LogP contribution in [0.4, 0.5) is 0 Å². The van der Waals surface area contributed by atoms with Gasteiger partial charge in [0.25, 0.3) is 0 Å². The summed E-state index contributed by atoms with van der Waals surface area (Å²) < 4.78 is 2.09. The van der Waals surface area contributed by atoms with Crippen molar-refractivity contribution in [1.29, 1.82) is 0 Å². The van der Waals surface area contributed by atoms with E-state index in [2.05, 4.69) is 145 Å². The molecule has 0 fully saturated rings. The number of pyridine rings is 3. The number of allylic oxidation sites excluding steroid dienone is 3. The quantitative estimate of drug-likeness (QED) is 0.180. The van der Waals surface area contributed by atoms with Gasteiger partial charge >= 0.3 is 0 Å². The van der Waals surface area contributed by atoms with Crippen molar-refractivity contribution in [2.24, 2.45) is 0 Å². The maximum atomic E-state index is 5.13. The summed E-state index contributed by atoms with van der Waals surface area (Å²) in [4.78, 5) is 9.49. The van der Waals surface area contributed by atoms with Gasteiger partial charge in [0.2, 0.25) is 0 Å². The second-order valence-electron chi connectivity index (χ2n) is 11.7. The molecule has 0 unspecified atom stereocenters. The first-order valence-electron chi connectivity index (χ1n) is 15.8. The molecule has 4 heteroatoms. The molecule has 220 valence electrons. The van der Waals surface area contributed by atoms with Crippen molar-refractivity contribution in [2.75, 3.05) is 0 Å². The summed E-state index contributed by atoms with van der Waals surface area (Å²) >= 11 is 0. The average molecular weight is 593 g/mol. The number of para-hydroxylation sites is 1.